The topological polar surface area (TPSA) is 37.3 Å². The number of halogens is 4. The quantitative estimate of drug-likeness (QED) is 0.847. The van der Waals surface area contributed by atoms with Gasteiger partial charge in [-0.3, -0.25) is 0 Å². The molecule has 0 aliphatic rings. The van der Waals surface area contributed by atoms with Gasteiger partial charge < -0.3 is 5.11 Å². The molecule has 0 aliphatic carbocycles. The molecule has 2 nitrogen and oxygen atoms in total. The molecule has 0 aliphatic heterocycles. The van der Waals surface area contributed by atoms with Crippen LogP contribution in [-0.4, -0.2) is 11.1 Å². The lowest BCUT2D eigenvalue weighted by Gasteiger charge is -2.09. The van der Waals surface area contributed by atoms with Gasteiger partial charge in [-0.05, 0) is 23.8 Å². The highest BCUT2D eigenvalue weighted by Crippen LogP contribution is 2.35. The molecule has 0 fully saturated rings. The summed E-state index contributed by atoms with van der Waals surface area (Å²) >= 11 is 2.79. The number of rotatable bonds is 2. The standard InChI is InChI=1S/C10H6BrF3O2/c11-8-5-6(2-4-9(15)16)1-3-7(8)10(12,13)14/h1-5H,(H,15,16)/b4-2+. The molecule has 0 aromatic heterocycles. The first kappa shape index (κ1) is 12.8. The summed E-state index contributed by atoms with van der Waals surface area (Å²) in [6.07, 6.45) is -2.35. The highest BCUT2D eigenvalue weighted by molar-refractivity contribution is 9.10. The molecule has 0 atom stereocenters. The minimum absolute atomic E-state index is 0.118. The first-order valence-corrected chi connectivity index (χ1v) is 4.88. The zero-order valence-corrected chi connectivity index (χ0v) is 9.34. The predicted octanol–water partition coefficient (Wildman–Crippen LogP) is 3.57. The average molecular weight is 295 g/mol. The summed E-state index contributed by atoms with van der Waals surface area (Å²) in [7, 11) is 0. The molecule has 1 aromatic rings. The molecule has 0 unspecified atom stereocenters. The van der Waals surface area contributed by atoms with Crippen molar-refractivity contribution in [2.75, 3.05) is 0 Å². The second-order valence-electron chi connectivity index (χ2n) is 2.91. The molecular formula is C10H6BrF3O2. The fourth-order valence-corrected chi connectivity index (χ4v) is 1.65. The van der Waals surface area contributed by atoms with Crippen molar-refractivity contribution in [3.8, 4) is 0 Å². The normalized spacial score (nSPS) is 12.0. The Bertz CT molecular complexity index is 438. The monoisotopic (exact) mass is 294 g/mol. The second kappa shape index (κ2) is 4.69. The fourth-order valence-electron chi connectivity index (χ4n) is 1.03. The van der Waals surface area contributed by atoms with Crippen LogP contribution in [0.15, 0.2) is 28.7 Å². The number of hydrogen-bond donors (Lipinski definition) is 1. The van der Waals surface area contributed by atoms with Crippen LogP contribution < -0.4 is 0 Å². The van der Waals surface area contributed by atoms with E-state index >= 15 is 0 Å². The van der Waals surface area contributed by atoms with Crippen molar-refractivity contribution in [3.05, 3.63) is 39.9 Å². The van der Waals surface area contributed by atoms with Crippen molar-refractivity contribution in [2.45, 2.75) is 6.18 Å². The molecule has 1 rings (SSSR count). The van der Waals surface area contributed by atoms with Crippen LogP contribution in [0.25, 0.3) is 6.08 Å². The number of alkyl halides is 3. The van der Waals surface area contributed by atoms with Gasteiger partial charge in [-0.1, -0.05) is 22.0 Å². The van der Waals surface area contributed by atoms with Crippen LogP contribution in [0, 0.1) is 0 Å². The van der Waals surface area contributed by atoms with E-state index in [0.29, 0.717) is 5.56 Å². The summed E-state index contributed by atoms with van der Waals surface area (Å²) in [5.74, 6) is -1.16. The van der Waals surface area contributed by atoms with Crippen LogP contribution in [0.5, 0.6) is 0 Å². The largest absolute Gasteiger partial charge is 0.478 e. The highest BCUT2D eigenvalue weighted by Gasteiger charge is 2.32. The van der Waals surface area contributed by atoms with E-state index in [4.69, 9.17) is 5.11 Å². The van der Waals surface area contributed by atoms with E-state index < -0.39 is 17.7 Å². The van der Waals surface area contributed by atoms with Crippen LogP contribution in [0.2, 0.25) is 0 Å². The molecule has 0 spiro atoms. The zero-order valence-electron chi connectivity index (χ0n) is 7.75. The molecule has 6 heteroatoms. The van der Waals surface area contributed by atoms with Crippen molar-refractivity contribution in [2.24, 2.45) is 0 Å². The summed E-state index contributed by atoms with van der Waals surface area (Å²) in [6.45, 7) is 0. The molecule has 0 saturated heterocycles. The van der Waals surface area contributed by atoms with Crippen molar-refractivity contribution in [1.29, 1.82) is 0 Å². The third kappa shape index (κ3) is 3.37. The molecule has 0 saturated carbocycles. The van der Waals surface area contributed by atoms with Crippen LogP contribution >= 0.6 is 15.9 Å². The van der Waals surface area contributed by atoms with Gasteiger partial charge in [-0.15, -0.1) is 0 Å². The lowest BCUT2D eigenvalue weighted by atomic mass is 10.1. The Labute approximate surface area is 97.5 Å². The van der Waals surface area contributed by atoms with E-state index in [1.807, 2.05) is 0 Å². The third-order valence-corrected chi connectivity index (χ3v) is 2.37. The number of carboxylic acids is 1. The van der Waals surface area contributed by atoms with E-state index in [1.165, 1.54) is 18.2 Å². The minimum Gasteiger partial charge on any atom is -0.478 e. The Kier molecular flexibility index (Phi) is 3.74. The van der Waals surface area contributed by atoms with Gasteiger partial charge >= 0.3 is 12.1 Å². The Balaban J connectivity index is 3.05. The van der Waals surface area contributed by atoms with Gasteiger partial charge in [0.2, 0.25) is 0 Å². The maximum atomic E-state index is 12.4. The van der Waals surface area contributed by atoms with Crippen molar-refractivity contribution < 1.29 is 23.1 Å². The van der Waals surface area contributed by atoms with E-state index in [0.717, 1.165) is 12.1 Å². The number of benzene rings is 1. The number of carbonyl (C=O) groups is 1. The van der Waals surface area contributed by atoms with Crippen molar-refractivity contribution in [1.82, 2.24) is 0 Å². The minimum atomic E-state index is -4.42. The number of aliphatic carboxylic acids is 1. The van der Waals surface area contributed by atoms with E-state index in [-0.39, 0.29) is 4.47 Å². The number of hydrogen-bond acceptors (Lipinski definition) is 1. The summed E-state index contributed by atoms with van der Waals surface area (Å²) in [6, 6.07) is 3.31. The Morgan fingerprint density at radius 1 is 1.38 bits per heavy atom. The maximum absolute atomic E-state index is 12.4. The first-order valence-electron chi connectivity index (χ1n) is 4.08. The Hall–Kier alpha value is -1.30. The molecule has 0 bridgehead atoms. The Morgan fingerprint density at radius 3 is 2.44 bits per heavy atom. The molecule has 16 heavy (non-hydrogen) atoms. The van der Waals surface area contributed by atoms with E-state index in [9.17, 15) is 18.0 Å². The lowest BCUT2D eigenvalue weighted by molar-refractivity contribution is -0.138. The summed E-state index contributed by atoms with van der Waals surface area (Å²) in [5, 5.41) is 8.35. The maximum Gasteiger partial charge on any atom is 0.417 e. The first-order chi connectivity index (χ1) is 7.30. The van der Waals surface area contributed by atoms with Gasteiger partial charge in [0, 0.05) is 10.5 Å². The van der Waals surface area contributed by atoms with Crippen LogP contribution in [0.3, 0.4) is 0 Å². The molecule has 1 aromatic carbocycles. The fraction of sp³-hybridized carbons (Fsp3) is 0.100. The van der Waals surface area contributed by atoms with E-state index in [1.54, 1.807) is 0 Å². The molecule has 1 N–H and O–H groups in total. The van der Waals surface area contributed by atoms with Crippen LogP contribution in [-0.2, 0) is 11.0 Å². The SMILES string of the molecule is O=C(O)/C=C/c1ccc(C(F)(F)F)c(Br)c1. The molecule has 0 radical (unpaired) electrons. The van der Waals surface area contributed by atoms with Crippen molar-refractivity contribution >= 4 is 28.0 Å². The second-order valence-corrected chi connectivity index (χ2v) is 3.76. The summed E-state index contributed by atoms with van der Waals surface area (Å²) in [4.78, 5) is 10.2. The van der Waals surface area contributed by atoms with Crippen LogP contribution in [0.4, 0.5) is 13.2 Å². The van der Waals surface area contributed by atoms with Gasteiger partial charge in [-0.25, -0.2) is 4.79 Å². The smallest absolute Gasteiger partial charge is 0.417 e. The van der Waals surface area contributed by atoms with Crippen LogP contribution in [0.1, 0.15) is 11.1 Å². The third-order valence-electron chi connectivity index (χ3n) is 1.72. The number of carboxylic acid groups (broad SMARTS) is 1. The zero-order chi connectivity index (χ0) is 12.3. The van der Waals surface area contributed by atoms with E-state index in [2.05, 4.69) is 15.9 Å². The highest BCUT2D eigenvalue weighted by atomic mass is 79.9. The molecular weight excluding hydrogens is 289 g/mol. The lowest BCUT2D eigenvalue weighted by Crippen LogP contribution is -2.05. The van der Waals surface area contributed by atoms with Gasteiger partial charge in [0.25, 0.3) is 0 Å². The van der Waals surface area contributed by atoms with Gasteiger partial charge in [-0.2, -0.15) is 13.2 Å². The van der Waals surface area contributed by atoms with Gasteiger partial charge in [0.15, 0.2) is 0 Å². The summed E-state index contributed by atoms with van der Waals surface area (Å²) < 4.78 is 36.9. The Morgan fingerprint density at radius 2 is 2.00 bits per heavy atom. The molecule has 0 heterocycles. The predicted molar refractivity (Wildman–Crippen MR) is 55.8 cm³/mol. The summed E-state index contributed by atoms with van der Waals surface area (Å²) in [5.41, 5.74) is -0.415. The molecule has 0 amide bonds. The van der Waals surface area contributed by atoms with Crippen molar-refractivity contribution in [3.63, 3.8) is 0 Å². The average Bonchev–Trinajstić information content (AvgIpc) is 2.12. The van der Waals surface area contributed by atoms with Gasteiger partial charge in [0.05, 0.1) is 5.56 Å². The molecule has 86 valence electrons. The van der Waals surface area contributed by atoms with Gasteiger partial charge in [0.1, 0.15) is 0 Å².